The molecule has 0 amide bonds. The normalized spacial score (nSPS) is 20.4. The number of hydrogen-bond donors (Lipinski definition) is 2. The summed E-state index contributed by atoms with van der Waals surface area (Å²) in [5.41, 5.74) is 1.25. The van der Waals surface area contributed by atoms with E-state index in [1.807, 2.05) is 19.1 Å². The zero-order valence-corrected chi connectivity index (χ0v) is 21.3. The van der Waals surface area contributed by atoms with Crippen LogP contribution in [0.25, 0.3) is 0 Å². The van der Waals surface area contributed by atoms with Gasteiger partial charge in [0, 0.05) is 40.9 Å². The number of aliphatic imine (C=N–C) groups is 1. The number of nitrogens with zero attached hydrogens (tertiary/aromatic N) is 1. The van der Waals surface area contributed by atoms with Crippen molar-refractivity contribution >= 4 is 40.7 Å². The van der Waals surface area contributed by atoms with Gasteiger partial charge in [0.2, 0.25) is 0 Å². The summed E-state index contributed by atoms with van der Waals surface area (Å²) in [5.74, 6) is 2.58. The number of ether oxygens (including phenoxy) is 1. The van der Waals surface area contributed by atoms with E-state index in [-0.39, 0.29) is 24.0 Å². The van der Waals surface area contributed by atoms with E-state index < -0.39 is 10.8 Å². The predicted octanol–water partition coefficient (Wildman–Crippen LogP) is 4.41. The molecule has 1 aliphatic carbocycles. The maximum absolute atomic E-state index is 12.1. The minimum absolute atomic E-state index is 0. The van der Waals surface area contributed by atoms with Crippen LogP contribution in [0.5, 0.6) is 5.75 Å². The number of unbranched alkanes of at least 4 members (excludes halogenated alkanes) is 1. The lowest BCUT2D eigenvalue weighted by atomic mass is 9.95. The molecule has 29 heavy (non-hydrogen) atoms. The first-order valence-electron chi connectivity index (χ1n) is 10.7. The Morgan fingerprint density at radius 3 is 2.66 bits per heavy atom. The summed E-state index contributed by atoms with van der Waals surface area (Å²) >= 11 is 0. The molecule has 3 unspecified atom stereocenters. The molecule has 1 aromatic rings. The highest BCUT2D eigenvalue weighted by Gasteiger charge is 2.25. The van der Waals surface area contributed by atoms with E-state index in [1.165, 1.54) is 5.56 Å². The molecule has 3 atom stereocenters. The molecule has 0 bridgehead atoms. The predicted molar refractivity (Wildman–Crippen MR) is 135 cm³/mol. The van der Waals surface area contributed by atoms with Crippen LogP contribution in [-0.4, -0.2) is 46.9 Å². The van der Waals surface area contributed by atoms with Crippen LogP contribution in [0, 0.1) is 6.92 Å². The van der Waals surface area contributed by atoms with Crippen molar-refractivity contribution in [1.29, 1.82) is 0 Å². The second kappa shape index (κ2) is 15.0. The highest BCUT2D eigenvalue weighted by Crippen LogP contribution is 2.23. The van der Waals surface area contributed by atoms with Gasteiger partial charge in [-0.15, -0.1) is 24.0 Å². The first-order chi connectivity index (χ1) is 13.6. The van der Waals surface area contributed by atoms with E-state index in [9.17, 15) is 4.21 Å². The van der Waals surface area contributed by atoms with Crippen LogP contribution in [-0.2, 0) is 10.8 Å². The van der Waals surface area contributed by atoms with Crippen molar-refractivity contribution in [2.45, 2.75) is 70.6 Å². The van der Waals surface area contributed by atoms with Crippen LogP contribution < -0.4 is 15.4 Å². The van der Waals surface area contributed by atoms with Crippen molar-refractivity contribution in [3.63, 3.8) is 0 Å². The number of halogens is 1. The van der Waals surface area contributed by atoms with Gasteiger partial charge in [-0.3, -0.25) is 9.20 Å². The van der Waals surface area contributed by atoms with Gasteiger partial charge in [0.1, 0.15) is 5.75 Å². The lowest BCUT2D eigenvalue weighted by Crippen LogP contribution is -2.46. The second-order valence-corrected chi connectivity index (χ2v) is 9.43. The van der Waals surface area contributed by atoms with E-state index in [0.29, 0.717) is 11.3 Å². The Morgan fingerprint density at radius 2 is 1.97 bits per heavy atom. The van der Waals surface area contributed by atoms with Gasteiger partial charge < -0.3 is 15.4 Å². The smallest absolute Gasteiger partial charge is 0.191 e. The van der Waals surface area contributed by atoms with Gasteiger partial charge in [0.15, 0.2) is 5.96 Å². The molecule has 0 saturated heterocycles. The van der Waals surface area contributed by atoms with Crippen molar-refractivity contribution in [3.8, 4) is 5.75 Å². The average Bonchev–Trinajstić information content (AvgIpc) is 2.71. The minimum Gasteiger partial charge on any atom is -0.494 e. The molecule has 1 aromatic carbocycles. The third-order valence-corrected chi connectivity index (χ3v) is 6.82. The Kier molecular flexibility index (Phi) is 13.6. The van der Waals surface area contributed by atoms with Gasteiger partial charge in [-0.1, -0.05) is 31.0 Å². The maximum Gasteiger partial charge on any atom is 0.191 e. The monoisotopic (exact) mass is 535 g/mol. The summed E-state index contributed by atoms with van der Waals surface area (Å²) < 4.78 is 17.9. The molecular formula is C22H38IN3O2S. The van der Waals surface area contributed by atoms with Crippen LogP contribution >= 0.6 is 24.0 Å². The molecule has 1 fully saturated rings. The quantitative estimate of drug-likeness (QED) is 0.202. The molecule has 0 aromatic heterocycles. The number of benzene rings is 1. The van der Waals surface area contributed by atoms with Crippen LogP contribution in [0.15, 0.2) is 29.3 Å². The highest BCUT2D eigenvalue weighted by molar-refractivity contribution is 14.0. The molecule has 7 heteroatoms. The fourth-order valence-electron chi connectivity index (χ4n) is 3.49. The van der Waals surface area contributed by atoms with E-state index in [2.05, 4.69) is 36.6 Å². The van der Waals surface area contributed by atoms with E-state index in [1.54, 1.807) is 0 Å². The van der Waals surface area contributed by atoms with Crippen molar-refractivity contribution in [3.05, 3.63) is 29.8 Å². The fraction of sp³-hybridized carbons (Fsp3) is 0.682. The van der Waals surface area contributed by atoms with Crippen molar-refractivity contribution in [2.24, 2.45) is 4.99 Å². The molecule has 0 spiro atoms. The van der Waals surface area contributed by atoms with Gasteiger partial charge in [-0.05, 0) is 58.1 Å². The molecule has 2 rings (SSSR count). The largest absolute Gasteiger partial charge is 0.494 e. The zero-order valence-electron chi connectivity index (χ0n) is 18.1. The summed E-state index contributed by atoms with van der Waals surface area (Å²) in [6, 6.07) is 8.55. The molecule has 166 valence electrons. The SMILES string of the molecule is CCNC(=NCCCCOc1ccc(C)cc1)NC1CCCC(S(=O)CC)C1.I. The van der Waals surface area contributed by atoms with Crippen LogP contribution in [0.2, 0.25) is 0 Å². The summed E-state index contributed by atoms with van der Waals surface area (Å²) in [6.07, 6.45) is 6.33. The van der Waals surface area contributed by atoms with Crippen molar-refractivity contribution < 1.29 is 8.95 Å². The van der Waals surface area contributed by atoms with Crippen LogP contribution in [0.1, 0.15) is 57.9 Å². The average molecular weight is 536 g/mol. The van der Waals surface area contributed by atoms with Crippen LogP contribution in [0.4, 0.5) is 0 Å². The van der Waals surface area contributed by atoms with Gasteiger partial charge >= 0.3 is 0 Å². The second-order valence-electron chi connectivity index (χ2n) is 7.43. The first-order valence-corrected chi connectivity index (χ1v) is 12.1. The third kappa shape index (κ3) is 10.2. The number of rotatable bonds is 10. The lowest BCUT2D eigenvalue weighted by molar-refractivity contribution is 0.308. The van der Waals surface area contributed by atoms with Gasteiger partial charge in [0.25, 0.3) is 0 Å². The number of aryl methyl sites for hydroxylation is 1. The Balaban J connectivity index is 0.00000420. The number of hydrogen-bond acceptors (Lipinski definition) is 3. The molecule has 1 saturated carbocycles. The Bertz CT molecular complexity index is 625. The van der Waals surface area contributed by atoms with Gasteiger partial charge in [0.05, 0.1) is 6.61 Å². The van der Waals surface area contributed by atoms with E-state index in [4.69, 9.17) is 9.73 Å². The summed E-state index contributed by atoms with van der Waals surface area (Å²) in [5, 5.41) is 7.23. The molecule has 2 N–H and O–H groups in total. The van der Waals surface area contributed by atoms with E-state index >= 15 is 0 Å². The lowest BCUT2D eigenvalue weighted by Gasteiger charge is -2.30. The number of nitrogens with one attached hydrogen (secondary N) is 2. The first kappa shape index (κ1) is 26.2. The van der Waals surface area contributed by atoms with Crippen LogP contribution in [0.3, 0.4) is 0 Å². The Hall–Kier alpha value is -0.830. The zero-order chi connectivity index (χ0) is 20.2. The molecule has 5 nitrogen and oxygen atoms in total. The Morgan fingerprint density at radius 1 is 1.21 bits per heavy atom. The van der Waals surface area contributed by atoms with Crippen molar-refractivity contribution in [1.82, 2.24) is 10.6 Å². The Labute approximate surface area is 196 Å². The molecule has 0 radical (unpaired) electrons. The topological polar surface area (TPSA) is 62.7 Å². The molecule has 0 heterocycles. The molecule has 1 aliphatic rings. The highest BCUT2D eigenvalue weighted by atomic mass is 127. The fourth-order valence-corrected chi connectivity index (χ4v) is 4.84. The molecule has 0 aliphatic heterocycles. The van der Waals surface area contributed by atoms with Crippen molar-refractivity contribution in [2.75, 3.05) is 25.4 Å². The molecular weight excluding hydrogens is 497 g/mol. The minimum atomic E-state index is -0.693. The maximum atomic E-state index is 12.1. The van der Waals surface area contributed by atoms with E-state index in [0.717, 1.165) is 75.7 Å². The van der Waals surface area contributed by atoms with Gasteiger partial charge in [-0.25, -0.2) is 0 Å². The summed E-state index contributed by atoms with van der Waals surface area (Å²) in [7, 11) is -0.693. The standard InChI is InChI=1S/C22H37N3O2S.HI/c1-4-23-22(25-19-9-8-10-21(17-19)28(26)5-2)24-15-6-7-16-27-20-13-11-18(3)12-14-20;/h11-14,19,21H,4-10,15-17H2,1-3H3,(H2,23,24,25);1H. The number of guanidine groups is 1. The third-order valence-electron chi connectivity index (χ3n) is 5.08. The summed E-state index contributed by atoms with van der Waals surface area (Å²) in [4.78, 5) is 4.72. The van der Waals surface area contributed by atoms with Gasteiger partial charge in [-0.2, -0.15) is 0 Å². The summed E-state index contributed by atoms with van der Waals surface area (Å²) in [6.45, 7) is 8.52.